The summed E-state index contributed by atoms with van der Waals surface area (Å²) >= 11 is 0. The fraction of sp³-hybridized carbons (Fsp3) is 0.375. The molecule has 0 saturated carbocycles. The molecule has 0 fully saturated rings. The van der Waals surface area contributed by atoms with Crippen molar-refractivity contribution in [3.63, 3.8) is 0 Å². The summed E-state index contributed by atoms with van der Waals surface area (Å²) < 4.78 is 0. The molecule has 0 radical (unpaired) electrons. The third-order valence-electron chi connectivity index (χ3n) is 3.40. The van der Waals surface area contributed by atoms with E-state index >= 15 is 0 Å². The van der Waals surface area contributed by atoms with Gasteiger partial charge in [-0.25, -0.2) is 9.78 Å². The van der Waals surface area contributed by atoms with Crippen LogP contribution in [0.5, 0.6) is 0 Å². The highest BCUT2D eigenvalue weighted by molar-refractivity contribution is 5.97. The standard InChI is InChI=1S/C16H20N2O2/c1-3-4-7-10-18(2)15-13-9-6-5-8-12(13)11-14(17-15)16(19)20/h5-6,8-9,11H,3-4,7,10H2,1-2H3,(H,19,20). The maximum absolute atomic E-state index is 11.2. The summed E-state index contributed by atoms with van der Waals surface area (Å²) in [5, 5.41) is 11.1. The first-order valence-corrected chi connectivity index (χ1v) is 6.97. The molecule has 1 aromatic heterocycles. The average Bonchev–Trinajstić information content (AvgIpc) is 2.46. The average molecular weight is 272 g/mol. The Morgan fingerprint density at radius 1 is 1.30 bits per heavy atom. The van der Waals surface area contributed by atoms with Crippen LogP contribution in [0, 0.1) is 0 Å². The SMILES string of the molecule is CCCCCN(C)c1nc(C(=O)O)cc2ccccc12. The largest absolute Gasteiger partial charge is 0.477 e. The Labute approximate surface area is 119 Å². The van der Waals surface area contributed by atoms with E-state index in [4.69, 9.17) is 0 Å². The van der Waals surface area contributed by atoms with Gasteiger partial charge < -0.3 is 10.0 Å². The number of rotatable bonds is 6. The first-order valence-electron chi connectivity index (χ1n) is 6.97. The molecule has 2 rings (SSSR count). The number of aromatic nitrogens is 1. The van der Waals surface area contributed by atoms with Gasteiger partial charge in [-0.05, 0) is 17.9 Å². The van der Waals surface area contributed by atoms with Crippen LogP contribution < -0.4 is 4.90 Å². The van der Waals surface area contributed by atoms with Gasteiger partial charge in [-0.15, -0.1) is 0 Å². The molecule has 0 saturated heterocycles. The molecule has 2 aromatic rings. The molecule has 20 heavy (non-hydrogen) atoms. The van der Waals surface area contributed by atoms with Crippen LogP contribution in [0.1, 0.15) is 36.7 Å². The van der Waals surface area contributed by atoms with E-state index in [9.17, 15) is 9.90 Å². The highest BCUT2D eigenvalue weighted by Crippen LogP contribution is 2.25. The Bertz CT molecular complexity index is 610. The van der Waals surface area contributed by atoms with E-state index in [0.717, 1.165) is 36.0 Å². The number of nitrogens with zero attached hydrogens (tertiary/aromatic N) is 2. The molecule has 0 aliphatic rings. The van der Waals surface area contributed by atoms with E-state index < -0.39 is 5.97 Å². The lowest BCUT2D eigenvalue weighted by atomic mass is 10.1. The number of benzene rings is 1. The van der Waals surface area contributed by atoms with Crippen LogP contribution in [0.25, 0.3) is 10.8 Å². The van der Waals surface area contributed by atoms with Gasteiger partial charge >= 0.3 is 5.97 Å². The van der Waals surface area contributed by atoms with E-state index in [0.29, 0.717) is 0 Å². The molecule has 106 valence electrons. The van der Waals surface area contributed by atoms with Gasteiger partial charge in [0.1, 0.15) is 5.82 Å². The number of aromatic carboxylic acids is 1. The van der Waals surface area contributed by atoms with Gasteiger partial charge in [-0.3, -0.25) is 0 Å². The van der Waals surface area contributed by atoms with E-state index in [1.54, 1.807) is 6.07 Å². The summed E-state index contributed by atoms with van der Waals surface area (Å²) in [4.78, 5) is 17.6. The van der Waals surface area contributed by atoms with E-state index in [1.165, 1.54) is 6.42 Å². The minimum Gasteiger partial charge on any atom is -0.477 e. The van der Waals surface area contributed by atoms with Gasteiger partial charge in [0, 0.05) is 19.0 Å². The van der Waals surface area contributed by atoms with Crippen molar-refractivity contribution in [1.29, 1.82) is 0 Å². The number of carbonyl (C=O) groups is 1. The number of hydrogen-bond acceptors (Lipinski definition) is 3. The number of anilines is 1. The van der Waals surface area contributed by atoms with Crippen molar-refractivity contribution in [2.24, 2.45) is 0 Å². The van der Waals surface area contributed by atoms with Crippen LogP contribution in [0.3, 0.4) is 0 Å². The van der Waals surface area contributed by atoms with Crippen LogP contribution in [0.2, 0.25) is 0 Å². The minimum absolute atomic E-state index is 0.0982. The zero-order chi connectivity index (χ0) is 14.5. The fourth-order valence-electron chi connectivity index (χ4n) is 2.29. The topological polar surface area (TPSA) is 53.4 Å². The molecule has 0 aliphatic carbocycles. The summed E-state index contributed by atoms with van der Waals surface area (Å²) in [6, 6.07) is 9.40. The lowest BCUT2D eigenvalue weighted by Gasteiger charge is -2.20. The second kappa shape index (κ2) is 6.37. The molecule has 1 aromatic carbocycles. The molecule has 4 nitrogen and oxygen atoms in total. The number of carboxylic acid groups (broad SMARTS) is 1. The summed E-state index contributed by atoms with van der Waals surface area (Å²) in [7, 11) is 1.97. The maximum Gasteiger partial charge on any atom is 0.354 e. The Hall–Kier alpha value is -2.10. The molecular weight excluding hydrogens is 252 g/mol. The molecule has 1 heterocycles. The molecule has 0 unspecified atom stereocenters. The van der Waals surface area contributed by atoms with Crippen molar-refractivity contribution in [3.8, 4) is 0 Å². The van der Waals surface area contributed by atoms with Gasteiger partial charge in [0.15, 0.2) is 5.69 Å². The van der Waals surface area contributed by atoms with Crippen LogP contribution >= 0.6 is 0 Å². The summed E-state index contributed by atoms with van der Waals surface area (Å²) in [6.07, 6.45) is 3.42. The Morgan fingerprint density at radius 2 is 2.05 bits per heavy atom. The molecule has 4 heteroatoms. The van der Waals surface area contributed by atoms with Crippen molar-refractivity contribution in [1.82, 2.24) is 4.98 Å². The van der Waals surface area contributed by atoms with Crippen molar-refractivity contribution in [2.45, 2.75) is 26.2 Å². The van der Waals surface area contributed by atoms with Gasteiger partial charge in [0.05, 0.1) is 0 Å². The number of unbranched alkanes of at least 4 members (excludes halogenated alkanes) is 2. The van der Waals surface area contributed by atoms with Crippen molar-refractivity contribution in [3.05, 3.63) is 36.0 Å². The second-order valence-corrected chi connectivity index (χ2v) is 4.99. The van der Waals surface area contributed by atoms with E-state index in [-0.39, 0.29) is 5.69 Å². The number of fused-ring (bicyclic) bond motifs is 1. The maximum atomic E-state index is 11.2. The molecule has 0 atom stereocenters. The third-order valence-corrected chi connectivity index (χ3v) is 3.40. The Morgan fingerprint density at radius 3 is 2.75 bits per heavy atom. The van der Waals surface area contributed by atoms with Gasteiger partial charge in [0.2, 0.25) is 0 Å². The first-order chi connectivity index (χ1) is 9.63. The van der Waals surface area contributed by atoms with Crippen molar-refractivity contribution >= 4 is 22.6 Å². The second-order valence-electron chi connectivity index (χ2n) is 4.99. The molecule has 0 aliphatic heterocycles. The van der Waals surface area contributed by atoms with E-state index in [1.807, 2.05) is 36.2 Å². The van der Waals surface area contributed by atoms with Crippen molar-refractivity contribution < 1.29 is 9.90 Å². The lowest BCUT2D eigenvalue weighted by molar-refractivity contribution is 0.0691. The molecule has 0 bridgehead atoms. The van der Waals surface area contributed by atoms with Crippen LogP contribution in [-0.4, -0.2) is 29.7 Å². The molecule has 0 amide bonds. The predicted octanol–water partition coefficient (Wildman–Crippen LogP) is 3.56. The number of hydrogen-bond donors (Lipinski definition) is 1. The predicted molar refractivity (Wildman–Crippen MR) is 81.5 cm³/mol. The van der Waals surface area contributed by atoms with E-state index in [2.05, 4.69) is 11.9 Å². The highest BCUT2D eigenvalue weighted by atomic mass is 16.4. The lowest BCUT2D eigenvalue weighted by Crippen LogP contribution is -2.21. The summed E-state index contributed by atoms with van der Waals surface area (Å²) in [5.41, 5.74) is 0.0982. The smallest absolute Gasteiger partial charge is 0.354 e. The van der Waals surface area contributed by atoms with Gasteiger partial charge in [-0.1, -0.05) is 44.0 Å². The zero-order valence-electron chi connectivity index (χ0n) is 12.0. The van der Waals surface area contributed by atoms with Crippen LogP contribution in [0.15, 0.2) is 30.3 Å². The highest BCUT2D eigenvalue weighted by Gasteiger charge is 2.13. The van der Waals surface area contributed by atoms with Gasteiger partial charge in [0.25, 0.3) is 0 Å². The quantitative estimate of drug-likeness (QED) is 0.817. The summed E-state index contributed by atoms with van der Waals surface area (Å²) in [5.74, 6) is -0.240. The first kappa shape index (κ1) is 14.3. The van der Waals surface area contributed by atoms with Crippen LogP contribution in [0.4, 0.5) is 5.82 Å². The normalized spacial score (nSPS) is 10.7. The number of carboxylic acids is 1. The fourth-order valence-corrected chi connectivity index (χ4v) is 2.29. The monoisotopic (exact) mass is 272 g/mol. The summed E-state index contributed by atoms with van der Waals surface area (Å²) in [6.45, 7) is 3.05. The number of pyridine rings is 1. The third kappa shape index (κ3) is 3.07. The zero-order valence-corrected chi connectivity index (χ0v) is 12.0. The Kier molecular flexibility index (Phi) is 4.56. The van der Waals surface area contributed by atoms with Gasteiger partial charge in [-0.2, -0.15) is 0 Å². The van der Waals surface area contributed by atoms with Crippen molar-refractivity contribution in [2.75, 3.05) is 18.5 Å². The molecule has 1 N–H and O–H groups in total. The van der Waals surface area contributed by atoms with Crippen LogP contribution in [-0.2, 0) is 0 Å². The molecule has 0 spiro atoms. The minimum atomic E-state index is -0.987. The molecular formula is C16H20N2O2. The Balaban J connectivity index is 2.41.